The number of amides is 1. The van der Waals surface area contributed by atoms with E-state index in [1.165, 1.54) is 10.9 Å². The van der Waals surface area contributed by atoms with Gasteiger partial charge in [-0.15, -0.1) is 0 Å². The summed E-state index contributed by atoms with van der Waals surface area (Å²) >= 11 is 9.46. The van der Waals surface area contributed by atoms with Crippen molar-refractivity contribution in [2.24, 2.45) is 0 Å². The lowest BCUT2D eigenvalue weighted by atomic mass is 10.1. The van der Waals surface area contributed by atoms with Crippen LogP contribution in [-0.2, 0) is 11.3 Å². The van der Waals surface area contributed by atoms with Gasteiger partial charge in [0.25, 0.3) is 5.91 Å². The Balaban J connectivity index is 1.54. The Bertz CT molecular complexity index is 1190. The number of para-hydroxylation sites is 1. The highest BCUT2D eigenvalue weighted by atomic mass is 79.9. The average Bonchev–Trinajstić information content (AvgIpc) is 3.00. The van der Waals surface area contributed by atoms with Gasteiger partial charge in [0.2, 0.25) is 0 Å². The minimum Gasteiger partial charge on any atom is -0.482 e. The number of aryl methyl sites for hydroxylation is 1. The van der Waals surface area contributed by atoms with E-state index in [0.717, 1.165) is 27.6 Å². The SMILES string of the molecule is CCn1c2ccccc2c2cc(NC(=O)COc3ccc(Br)cc3Cl)ccc21. The Morgan fingerprint density at radius 3 is 2.64 bits per heavy atom. The number of nitrogens with one attached hydrogen (secondary N) is 1. The fraction of sp³-hybridized carbons (Fsp3) is 0.136. The number of ether oxygens (including phenoxy) is 1. The molecule has 0 spiro atoms. The number of benzene rings is 3. The highest BCUT2D eigenvalue weighted by Crippen LogP contribution is 2.31. The maximum absolute atomic E-state index is 12.3. The fourth-order valence-electron chi connectivity index (χ4n) is 3.40. The van der Waals surface area contributed by atoms with Crippen molar-refractivity contribution in [1.29, 1.82) is 0 Å². The van der Waals surface area contributed by atoms with Crippen LogP contribution >= 0.6 is 27.5 Å². The summed E-state index contributed by atoms with van der Waals surface area (Å²) in [6, 6.07) is 19.5. The molecule has 28 heavy (non-hydrogen) atoms. The number of carbonyl (C=O) groups is 1. The molecule has 0 aliphatic carbocycles. The first-order valence-corrected chi connectivity index (χ1v) is 10.1. The third kappa shape index (κ3) is 3.60. The van der Waals surface area contributed by atoms with Gasteiger partial charge in [-0.3, -0.25) is 4.79 Å². The Morgan fingerprint density at radius 2 is 1.86 bits per heavy atom. The van der Waals surface area contributed by atoms with E-state index in [1.807, 2.05) is 36.4 Å². The molecule has 1 amide bonds. The summed E-state index contributed by atoms with van der Waals surface area (Å²) in [4.78, 5) is 12.3. The maximum Gasteiger partial charge on any atom is 0.262 e. The Kier molecular flexibility index (Phi) is 5.29. The third-order valence-electron chi connectivity index (χ3n) is 4.63. The Labute approximate surface area is 176 Å². The summed E-state index contributed by atoms with van der Waals surface area (Å²) in [6.07, 6.45) is 0. The van der Waals surface area contributed by atoms with Crippen molar-refractivity contribution < 1.29 is 9.53 Å². The van der Waals surface area contributed by atoms with Crippen LogP contribution in [0.1, 0.15) is 6.92 Å². The quantitative estimate of drug-likeness (QED) is 0.385. The van der Waals surface area contributed by atoms with E-state index in [9.17, 15) is 4.79 Å². The largest absolute Gasteiger partial charge is 0.482 e. The summed E-state index contributed by atoms with van der Waals surface area (Å²) in [6.45, 7) is 2.90. The zero-order chi connectivity index (χ0) is 19.7. The number of anilines is 1. The number of halogens is 2. The van der Waals surface area contributed by atoms with Crippen molar-refractivity contribution >= 4 is 60.9 Å². The molecule has 4 aromatic rings. The second-order valence-corrected chi connectivity index (χ2v) is 7.73. The minimum atomic E-state index is -0.238. The summed E-state index contributed by atoms with van der Waals surface area (Å²) in [5, 5.41) is 5.65. The van der Waals surface area contributed by atoms with E-state index in [2.05, 4.69) is 44.9 Å². The molecule has 0 saturated heterocycles. The maximum atomic E-state index is 12.3. The van der Waals surface area contributed by atoms with Crippen molar-refractivity contribution in [1.82, 2.24) is 4.57 Å². The molecule has 1 aromatic heterocycles. The van der Waals surface area contributed by atoms with Gasteiger partial charge in [0.15, 0.2) is 6.61 Å². The van der Waals surface area contributed by atoms with E-state index < -0.39 is 0 Å². The molecule has 0 aliphatic heterocycles. The number of hydrogen-bond donors (Lipinski definition) is 1. The van der Waals surface area contributed by atoms with Crippen LogP contribution in [0.3, 0.4) is 0 Å². The molecular formula is C22H18BrClN2O2. The standard InChI is InChI=1S/C22H18BrClN2O2/c1-2-26-19-6-4-3-5-16(19)17-12-15(8-9-20(17)26)25-22(27)13-28-21-10-7-14(23)11-18(21)24/h3-12H,2,13H2,1H3,(H,25,27). The molecule has 0 unspecified atom stereocenters. The first kappa shape index (κ1) is 18.8. The van der Waals surface area contributed by atoms with Gasteiger partial charge in [-0.1, -0.05) is 45.7 Å². The smallest absolute Gasteiger partial charge is 0.262 e. The number of carbonyl (C=O) groups excluding carboxylic acids is 1. The summed E-state index contributed by atoms with van der Waals surface area (Å²) in [5.41, 5.74) is 3.08. The molecule has 4 rings (SSSR count). The lowest BCUT2D eigenvalue weighted by Crippen LogP contribution is -2.20. The highest BCUT2D eigenvalue weighted by molar-refractivity contribution is 9.10. The van der Waals surface area contributed by atoms with E-state index >= 15 is 0 Å². The van der Waals surface area contributed by atoms with E-state index in [-0.39, 0.29) is 12.5 Å². The second-order valence-electron chi connectivity index (χ2n) is 6.40. The van der Waals surface area contributed by atoms with Crippen LogP contribution in [0.15, 0.2) is 65.1 Å². The highest BCUT2D eigenvalue weighted by Gasteiger charge is 2.11. The predicted molar refractivity (Wildman–Crippen MR) is 118 cm³/mol. The Morgan fingerprint density at radius 1 is 1.07 bits per heavy atom. The molecular weight excluding hydrogens is 440 g/mol. The zero-order valence-electron chi connectivity index (χ0n) is 15.2. The normalized spacial score (nSPS) is 11.1. The van der Waals surface area contributed by atoms with Crippen LogP contribution in [0.4, 0.5) is 5.69 Å². The van der Waals surface area contributed by atoms with Gasteiger partial charge >= 0.3 is 0 Å². The zero-order valence-corrected chi connectivity index (χ0v) is 17.5. The minimum absolute atomic E-state index is 0.115. The lowest BCUT2D eigenvalue weighted by Gasteiger charge is -2.09. The molecule has 0 radical (unpaired) electrons. The topological polar surface area (TPSA) is 43.3 Å². The van der Waals surface area contributed by atoms with Gasteiger partial charge < -0.3 is 14.6 Å². The fourth-order valence-corrected chi connectivity index (χ4v) is 4.13. The molecule has 0 fully saturated rings. The second kappa shape index (κ2) is 7.86. The molecule has 3 aromatic carbocycles. The number of nitrogens with zero attached hydrogens (tertiary/aromatic N) is 1. The number of rotatable bonds is 5. The summed E-state index contributed by atoms with van der Waals surface area (Å²) in [5.74, 6) is 0.235. The van der Waals surface area contributed by atoms with E-state index in [0.29, 0.717) is 10.8 Å². The third-order valence-corrected chi connectivity index (χ3v) is 5.41. The molecule has 142 valence electrons. The molecule has 1 heterocycles. The molecule has 0 bridgehead atoms. The average molecular weight is 458 g/mol. The van der Waals surface area contributed by atoms with E-state index in [1.54, 1.807) is 12.1 Å². The van der Waals surface area contributed by atoms with Crippen molar-refractivity contribution in [2.45, 2.75) is 13.5 Å². The monoisotopic (exact) mass is 456 g/mol. The van der Waals surface area contributed by atoms with E-state index in [4.69, 9.17) is 16.3 Å². The van der Waals surface area contributed by atoms with Gasteiger partial charge in [-0.2, -0.15) is 0 Å². The van der Waals surface area contributed by atoms with Gasteiger partial charge in [-0.05, 0) is 49.4 Å². The van der Waals surface area contributed by atoms with Crippen molar-refractivity contribution in [3.63, 3.8) is 0 Å². The van der Waals surface area contributed by atoms with Crippen LogP contribution < -0.4 is 10.1 Å². The van der Waals surface area contributed by atoms with Gasteiger partial charge in [0, 0.05) is 38.5 Å². The molecule has 0 aliphatic rings. The number of fused-ring (bicyclic) bond motifs is 3. The van der Waals surface area contributed by atoms with Crippen molar-refractivity contribution in [3.05, 3.63) is 70.2 Å². The molecule has 6 heteroatoms. The lowest BCUT2D eigenvalue weighted by molar-refractivity contribution is -0.118. The van der Waals surface area contributed by atoms with Gasteiger partial charge in [-0.25, -0.2) is 0 Å². The van der Waals surface area contributed by atoms with Crippen LogP contribution in [0.5, 0.6) is 5.75 Å². The van der Waals surface area contributed by atoms with Crippen LogP contribution in [0, 0.1) is 0 Å². The molecule has 0 saturated carbocycles. The van der Waals surface area contributed by atoms with Crippen LogP contribution in [-0.4, -0.2) is 17.1 Å². The van der Waals surface area contributed by atoms with Crippen molar-refractivity contribution in [3.8, 4) is 5.75 Å². The first-order valence-electron chi connectivity index (χ1n) is 8.95. The number of hydrogen-bond acceptors (Lipinski definition) is 2. The predicted octanol–water partition coefficient (Wildman–Crippen LogP) is 6.25. The first-order chi connectivity index (χ1) is 13.6. The number of aromatic nitrogens is 1. The van der Waals surface area contributed by atoms with Crippen LogP contribution in [0.25, 0.3) is 21.8 Å². The molecule has 0 atom stereocenters. The Hall–Kier alpha value is -2.50. The van der Waals surface area contributed by atoms with Gasteiger partial charge in [0.1, 0.15) is 5.75 Å². The van der Waals surface area contributed by atoms with Crippen molar-refractivity contribution in [2.75, 3.05) is 11.9 Å². The molecule has 1 N–H and O–H groups in total. The van der Waals surface area contributed by atoms with Gasteiger partial charge in [0.05, 0.1) is 5.02 Å². The molecule has 4 nitrogen and oxygen atoms in total. The summed E-state index contributed by atoms with van der Waals surface area (Å²) < 4.78 is 8.66. The summed E-state index contributed by atoms with van der Waals surface area (Å²) in [7, 11) is 0. The van der Waals surface area contributed by atoms with Crippen LogP contribution in [0.2, 0.25) is 5.02 Å².